The van der Waals surface area contributed by atoms with Gasteiger partial charge in [-0.15, -0.1) is 0 Å². The lowest BCUT2D eigenvalue weighted by Gasteiger charge is -2.34. The van der Waals surface area contributed by atoms with Gasteiger partial charge in [0.15, 0.2) is 5.11 Å². The Morgan fingerprint density at radius 1 is 1.15 bits per heavy atom. The first-order valence-corrected chi connectivity index (χ1v) is 8.32. The highest BCUT2D eigenvalue weighted by Gasteiger charge is 2.40. The number of nitrogens with zero attached hydrogens (tertiary/aromatic N) is 1. The lowest BCUT2D eigenvalue weighted by Crippen LogP contribution is -2.48. The summed E-state index contributed by atoms with van der Waals surface area (Å²) in [7, 11) is 0. The van der Waals surface area contributed by atoms with E-state index in [1.165, 1.54) is 36.8 Å². The highest BCUT2D eigenvalue weighted by Crippen LogP contribution is 2.44. The fourth-order valence-corrected chi connectivity index (χ4v) is 4.65. The van der Waals surface area contributed by atoms with Gasteiger partial charge in [0, 0.05) is 19.1 Å². The average Bonchev–Trinajstić information content (AvgIpc) is 3.09. The van der Waals surface area contributed by atoms with Crippen molar-refractivity contribution in [2.75, 3.05) is 6.54 Å². The van der Waals surface area contributed by atoms with Crippen molar-refractivity contribution in [1.82, 2.24) is 10.2 Å². The van der Waals surface area contributed by atoms with Gasteiger partial charge in [-0.1, -0.05) is 30.7 Å². The molecule has 0 saturated heterocycles. The van der Waals surface area contributed by atoms with Gasteiger partial charge >= 0.3 is 0 Å². The van der Waals surface area contributed by atoms with Gasteiger partial charge in [0.25, 0.3) is 0 Å². The van der Waals surface area contributed by atoms with E-state index in [0.717, 1.165) is 36.5 Å². The predicted octanol–water partition coefficient (Wildman–Crippen LogP) is 3.11. The monoisotopic (exact) mass is 286 g/mol. The smallest absolute Gasteiger partial charge is 0.169 e. The van der Waals surface area contributed by atoms with Crippen LogP contribution in [0.1, 0.15) is 36.8 Å². The second-order valence-electron chi connectivity index (χ2n) is 6.67. The van der Waals surface area contributed by atoms with E-state index in [4.69, 9.17) is 12.2 Å². The summed E-state index contributed by atoms with van der Waals surface area (Å²) in [6.07, 6.45) is 6.76. The molecule has 106 valence electrons. The molecular formula is C17H22N2S. The van der Waals surface area contributed by atoms with Gasteiger partial charge in [0.1, 0.15) is 0 Å². The number of rotatable bonds is 1. The summed E-state index contributed by atoms with van der Waals surface area (Å²) in [5, 5.41) is 4.65. The van der Waals surface area contributed by atoms with E-state index in [-0.39, 0.29) is 0 Å². The standard InChI is InChI=1S/C17H22N2S/c20-17(18-16-10-12-5-6-14(16)9-12)19-8-7-13-3-1-2-4-15(13)11-19/h1-4,12,14,16H,5-11H2,(H,18,20)/t12-,14+,16+/m0/s1. The molecule has 0 spiro atoms. The summed E-state index contributed by atoms with van der Waals surface area (Å²) in [5.41, 5.74) is 2.93. The van der Waals surface area contributed by atoms with Crippen LogP contribution in [0, 0.1) is 11.8 Å². The molecule has 2 aliphatic carbocycles. The highest BCUT2D eigenvalue weighted by atomic mass is 32.1. The molecule has 3 atom stereocenters. The van der Waals surface area contributed by atoms with Crippen LogP contribution in [0.5, 0.6) is 0 Å². The van der Waals surface area contributed by atoms with Gasteiger partial charge in [-0.05, 0) is 60.9 Å². The predicted molar refractivity (Wildman–Crippen MR) is 85.5 cm³/mol. The van der Waals surface area contributed by atoms with E-state index in [0.29, 0.717) is 6.04 Å². The van der Waals surface area contributed by atoms with Gasteiger partial charge in [-0.25, -0.2) is 0 Å². The van der Waals surface area contributed by atoms with Crippen molar-refractivity contribution in [3.05, 3.63) is 35.4 Å². The maximum absolute atomic E-state index is 5.67. The number of benzene rings is 1. The van der Waals surface area contributed by atoms with Crippen molar-refractivity contribution in [3.63, 3.8) is 0 Å². The van der Waals surface area contributed by atoms with E-state index < -0.39 is 0 Å². The molecule has 3 aliphatic rings. The Bertz CT molecular complexity index is 527. The molecule has 1 aromatic rings. The Hall–Kier alpha value is -1.09. The lowest BCUT2D eigenvalue weighted by molar-refractivity contribution is 0.347. The third-order valence-corrected chi connectivity index (χ3v) is 5.84. The van der Waals surface area contributed by atoms with E-state index in [1.807, 2.05) is 0 Å². The summed E-state index contributed by atoms with van der Waals surface area (Å²) in [4.78, 5) is 2.35. The van der Waals surface area contributed by atoms with E-state index in [2.05, 4.69) is 34.5 Å². The molecule has 1 aliphatic heterocycles. The van der Waals surface area contributed by atoms with Crippen LogP contribution in [0.25, 0.3) is 0 Å². The summed E-state index contributed by atoms with van der Waals surface area (Å²) in [6, 6.07) is 9.41. The molecule has 2 bridgehead atoms. The molecule has 0 radical (unpaired) electrons. The molecular weight excluding hydrogens is 264 g/mol. The van der Waals surface area contributed by atoms with Crippen LogP contribution in [-0.2, 0) is 13.0 Å². The van der Waals surface area contributed by atoms with Crippen molar-refractivity contribution in [3.8, 4) is 0 Å². The van der Waals surface area contributed by atoms with Crippen LogP contribution >= 0.6 is 12.2 Å². The van der Waals surface area contributed by atoms with E-state index in [9.17, 15) is 0 Å². The molecule has 2 saturated carbocycles. The molecule has 2 fully saturated rings. The number of nitrogens with one attached hydrogen (secondary N) is 1. The fourth-order valence-electron chi connectivity index (χ4n) is 4.34. The maximum atomic E-state index is 5.67. The van der Waals surface area contributed by atoms with Crippen molar-refractivity contribution in [2.45, 2.75) is 44.7 Å². The normalized spacial score (nSPS) is 31.2. The zero-order valence-electron chi connectivity index (χ0n) is 11.8. The van der Waals surface area contributed by atoms with E-state index in [1.54, 1.807) is 0 Å². The van der Waals surface area contributed by atoms with Crippen LogP contribution < -0.4 is 5.32 Å². The first kappa shape index (κ1) is 12.6. The Morgan fingerprint density at radius 3 is 2.75 bits per heavy atom. The first-order valence-electron chi connectivity index (χ1n) is 7.92. The molecule has 3 heteroatoms. The molecule has 1 aromatic carbocycles. The zero-order valence-corrected chi connectivity index (χ0v) is 12.7. The van der Waals surface area contributed by atoms with Gasteiger partial charge in [-0.2, -0.15) is 0 Å². The summed E-state index contributed by atoms with van der Waals surface area (Å²) in [6.45, 7) is 2.03. The molecule has 0 amide bonds. The van der Waals surface area contributed by atoms with Crippen LogP contribution in [0.4, 0.5) is 0 Å². The van der Waals surface area contributed by atoms with E-state index >= 15 is 0 Å². The van der Waals surface area contributed by atoms with Crippen LogP contribution in [0.15, 0.2) is 24.3 Å². The Morgan fingerprint density at radius 2 is 2.00 bits per heavy atom. The number of hydrogen-bond donors (Lipinski definition) is 1. The van der Waals surface area contributed by atoms with Gasteiger partial charge in [0.2, 0.25) is 0 Å². The van der Waals surface area contributed by atoms with Crippen LogP contribution in [-0.4, -0.2) is 22.6 Å². The zero-order chi connectivity index (χ0) is 13.5. The third kappa shape index (κ3) is 2.22. The molecule has 0 aromatic heterocycles. The van der Waals surface area contributed by atoms with Crippen LogP contribution in [0.2, 0.25) is 0 Å². The lowest BCUT2D eigenvalue weighted by atomic mass is 9.95. The second kappa shape index (κ2) is 5.03. The molecule has 1 heterocycles. The Kier molecular flexibility index (Phi) is 3.18. The van der Waals surface area contributed by atoms with Crippen molar-refractivity contribution in [1.29, 1.82) is 0 Å². The molecule has 1 N–H and O–H groups in total. The average molecular weight is 286 g/mol. The summed E-state index contributed by atoms with van der Waals surface area (Å²) < 4.78 is 0. The van der Waals surface area contributed by atoms with Crippen molar-refractivity contribution in [2.24, 2.45) is 11.8 Å². The Balaban J connectivity index is 1.40. The maximum Gasteiger partial charge on any atom is 0.169 e. The molecule has 20 heavy (non-hydrogen) atoms. The minimum Gasteiger partial charge on any atom is -0.360 e. The van der Waals surface area contributed by atoms with Crippen LogP contribution in [0.3, 0.4) is 0 Å². The molecule has 2 nitrogen and oxygen atoms in total. The topological polar surface area (TPSA) is 15.3 Å². The second-order valence-corrected chi connectivity index (χ2v) is 7.06. The largest absolute Gasteiger partial charge is 0.360 e. The van der Waals surface area contributed by atoms with Gasteiger partial charge < -0.3 is 10.2 Å². The van der Waals surface area contributed by atoms with Gasteiger partial charge in [-0.3, -0.25) is 0 Å². The quantitative estimate of drug-likeness (QED) is 0.799. The first-order chi connectivity index (χ1) is 9.79. The fraction of sp³-hybridized carbons (Fsp3) is 0.588. The van der Waals surface area contributed by atoms with Gasteiger partial charge in [0.05, 0.1) is 0 Å². The minimum atomic E-state index is 0.651. The molecule has 0 unspecified atom stereocenters. The van der Waals surface area contributed by atoms with Crippen molar-refractivity contribution >= 4 is 17.3 Å². The minimum absolute atomic E-state index is 0.651. The third-order valence-electron chi connectivity index (χ3n) is 5.46. The molecule has 4 rings (SSSR count). The Labute approximate surface area is 126 Å². The number of hydrogen-bond acceptors (Lipinski definition) is 1. The number of fused-ring (bicyclic) bond motifs is 3. The summed E-state index contributed by atoms with van der Waals surface area (Å²) >= 11 is 5.67. The van der Waals surface area contributed by atoms with Crippen molar-refractivity contribution < 1.29 is 0 Å². The highest BCUT2D eigenvalue weighted by molar-refractivity contribution is 7.80. The number of thiocarbonyl (C=S) groups is 1. The summed E-state index contributed by atoms with van der Waals surface area (Å²) in [5.74, 6) is 1.86. The SMILES string of the molecule is S=C(N[C@@H]1C[C@H]2CC[C@@H]1C2)N1CCc2ccccc2C1.